The third-order valence-corrected chi connectivity index (χ3v) is 9.73. The molecule has 7 atom stereocenters. The first-order valence-corrected chi connectivity index (χ1v) is 12.3. The average molecular weight is 480 g/mol. The fraction of sp³-hybridized carbons (Fsp3) is 0.609. The van der Waals surface area contributed by atoms with E-state index in [9.17, 15) is 19.5 Å². The van der Waals surface area contributed by atoms with Gasteiger partial charge in [0.05, 0.1) is 29.2 Å². The number of nitrogens with one attached hydrogen (secondary N) is 2. The van der Waals surface area contributed by atoms with Crippen LogP contribution < -0.4 is 10.6 Å². The van der Waals surface area contributed by atoms with E-state index >= 15 is 0 Å². The number of nitrogens with zero attached hydrogens (tertiary/aromatic N) is 1. The lowest BCUT2D eigenvalue weighted by Gasteiger charge is -2.40. The van der Waals surface area contributed by atoms with Gasteiger partial charge in [0.1, 0.15) is 6.04 Å². The number of carbonyl (C=O) groups is 3. The van der Waals surface area contributed by atoms with Crippen molar-refractivity contribution in [1.82, 2.24) is 10.2 Å². The molecule has 1 aromatic carbocycles. The number of carbonyl (C=O) groups excluding carboxylic acids is 3. The predicted octanol–water partition coefficient (Wildman–Crippen LogP) is 2.38. The maximum absolute atomic E-state index is 13.9. The number of amides is 3. The molecule has 3 unspecified atom stereocenters. The summed E-state index contributed by atoms with van der Waals surface area (Å²) in [6.07, 6.45) is 0.774. The first-order chi connectivity index (χ1) is 15.2. The molecule has 4 rings (SSSR count). The molecule has 7 nitrogen and oxygen atoms in total. The fourth-order valence-electron chi connectivity index (χ4n) is 5.95. The molecule has 9 heteroatoms. The van der Waals surface area contributed by atoms with Crippen LogP contribution in [-0.4, -0.2) is 63.5 Å². The molecule has 2 bridgehead atoms. The van der Waals surface area contributed by atoms with Crippen molar-refractivity contribution in [2.45, 2.75) is 49.3 Å². The molecule has 0 saturated carbocycles. The van der Waals surface area contributed by atoms with Crippen LogP contribution in [0, 0.1) is 23.7 Å². The van der Waals surface area contributed by atoms with E-state index in [4.69, 9.17) is 11.6 Å². The summed E-state index contributed by atoms with van der Waals surface area (Å²) in [4.78, 5) is 42.1. The summed E-state index contributed by atoms with van der Waals surface area (Å²) < 4.78 is -0.711. The zero-order valence-corrected chi connectivity index (χ0v) is 20.2. The van der Waals surface area contributed by atoms with E-state index in [0.717, 1.165) is 6.42 Å². The monoisotopic (exact) mass is 479 g/mol. The van der Waals surface area contributed by atoms with Crippen molar-refractivity contribution in [3.05, 3.63) is 29.3 Å². The number of likely N-dealkylation sites (tertiary alicyclic amines) is 1. The van der Waals surface area contributed by atoms with Gasteiger partial charge in [-0.2, -0.15) is 0 Å². The third-order valence-electron chi connectivity index (χ3n) is 7.41. The first-order valence-electron chi connectivity index (χ1n) is 11.1. The zero-order chi connectivity index (χ0) is 23.4. The minimum Gasteiger partial charge on any atom is -0.394 e. The van der Waals surface area contributed by atoms with Crippen molar-refractivity contribution >= 4 is 46.8 Å². The minimum atomic E-state index is -0.783. The van der Waals surface area contributed by atoms with Crippen molar-refractivity contribution in [3.8, 4) is 0 Å². The van der Waals surface area contributed by atoms with E-state index in [0.29, 0.717) is 10.7 Å². The number of aliphatic hydroxyl groups excluding tert-OH is 1. The summed E-state index contributed by atoms with van der Waals surface area (Å²) in [5.74, 6) is -1.70. The molecule has 0 aliphatic carbocycles. The van der Waals surface area contributed by atoms with E-state index in [-0.39, 0.29) is 41.4 Å². The predicted molar refractivity (Wildman–Crippen MR) is 125 cm³/mol. The molecule has 1 spiro atoms. The second kappa shape index (κ2) is 8.54. The lowest BCUT2D eigenvalue weighted by Crippen LogP contribution is -2.57. The lowest BCUT2D eigenvalue weighted by atomic mass is 9.66. The van der Waals surface area contributed by atoms with E-state index in [1.54, 1.807) is 48.0 Å². The maximum atomic E-state index is 13.9. The Balaban J connectivity index is 1.80. The van der Waals surface area contributed by atoms with Crippen LogP contribution in [0.4, 0.5) is 5.69 Å². The summed E-state index contributed by atoms with van der Waals surface area (Å²) in [6.45, 7) is 5.68. The number of anilines is 1. The second-order valence-corrected chi connectivity index (χ2v) is 11.4. The zero-order valence-electron chi connectivity index (χ0n) is 18.7. The molecule has 0 radical (unpaired) electrons. The van der Waals surface area contributed by atoms with Gasteiger partial charge in [0, 0.05) is 23.0 Å². The molecule has 3 aliphatic heterocycles. The Morgan fingerprint density at radius 2 is 1.94 bits per heavy atom. The molecule has 3 fully saturated rings. The number of rotatable bonds is 6. The molecular formula is C23H30ClN3O4S. The Kier molecular flexibility index (Phi) is 6.24. The number of thioether (sulfide) groups is 1. The lowest BCUT2D eigenvalue weighted by molar-refractivity contribution is -0.142. The van der Waals surface area contributed by atoms with E-state index in [2.05, 4.69) is 17.6 Å². The van der Waals surface area contributed by atoms with Crippen LogP contribution in [0.25, 0.3) is 0 Å². The van der Waals surface area contributed by atoms with Gasteiger partial charge in [-0.25, -0.2) is 0 Å². The van der Waals surface area contributed by atoms with Crippen LogP contribution in [0.1, 0.15) is 27.2 Å². The second-order valence-electron chi connectivity index (χ2n) is 9.40. The van der Waals surface area contributed by atoms with Crippen LogP contribution in [0.2, 0.25) is 5.02 Å². The average Bonchev–Trinajstić information content (AvgIpc) is 3.34. The summed E-state index contributed by atoms with van der Waals surface area (Å²) in [5.41, 5.74) is 0.588. The Morgan fingerprint density at radius 1 is 1.28 bits per heavy atom. The number of fused-ring (bicyclic) bond motifs is 1. The normalized spacial score (nSPS) is 34.0. The van der Waals surface area contributed by atoms with Crippen molar-refractivity contribution in [3.63, 3.8) is 0 Å². The minimum absolute atomic E-state index is 0.00138. The Bertz CT molecular complexity index is 926. The van der Waals surface area contributed by atoms with Crippen LogP contribution in [-0.2, 0) is 14.4 Å². The maximum Gasteiger partial charge on any atom is 0.248 e. The molecule has 174 valence electrons. The van der Waals surface area contributed by atoms with Crippen LogP contribution in [0.15, 0.2) is 24.3 Å². The number of benzene rings is 1. The number of halogens is 1. The number of hydrogen-bond donors (Lipinski definition) is 3. The Hall–Kier alpha value is -1.77. The molecular weight excluding hydrogens is 450 g/mol. The molecule has 3 N–H and O–H groups in total. The van der Waals surface area contributed by atoms with Crippen molar-refractivity contribution in [2.24, 2.45) is 23.7 Å². The van der Waals surface area contributed by atoms with Gasteiger partial charge in [-0.3, -0.25) is 14.4 Å². The van der Waals surface area contributed by atoms with E-state index < -0.39 is 28.7 Å². The van der Waals surface area contributed by atoms with Crippen molar-refractivity contribution in [1.29, 1.82) is 0 Å². The van der Waals surface area contributed by atoms with Gasteiger partial charge < -0.3 is 20.6 Å². The summed E-state index contributed by atoms with van der Waals surface area (Å²) in [6, 6.07) is 5.54. The third kappa shape index (κ3) is 3.33. The van der Waals surface area contributed by atoms with Crippen LogP contribution in [0.3, 0.4) is 0 Å². The molecule has 32 heavy (non-hydrogen) atoms. The molecule has 3 heterocycles. The Labute approximate surface area is 197 Å². The highest BCUT2D eigenvalue weighted by molar-refractivity contribution is 8.02. The van der Waals surface area contributed by atoms with E-state index in [1.807, 2.05) is 13.8 Å². The fourth-order valence-corrected chi connectivity index (χ4v) is 8.48. The SMILES string of the molecule is CNC(=O)[C@@H]1[C@H]2C(=O)N([C@@H](CO)C(C)C)C(C(=O)Nc3ccc(Cl)cc3)C23S[C@@H]1CC3C. The van der Waals surface area contributed by atoms with E-state index in [1.165, 1.54) is 0 Å². The summed E-state index contributed by atoms with van der Waals surface area (Å²) >= 11 is 7.60. The summed E-state index contributed by atoms with van der Waals surface area (Å²) in [5, 5.41) is 16.4. The molecule has 3 saturated heterocycles. The van der Waals surface area contributed by atoms with Gasteiger partial charge >= 0.3 is 0 Å². The van der Waals surface area contributed by atoms with Gasteiger partial charge in [-0.05, 0) is 42.5 Å². The van der Waals surface area contributed by atoms with Gasteiger partial charge in [-0.1, -0.05) is 32.4 Å². The van der Waals surface area contributed by atoms with Crippen molar-refractivity contribution in [2.75, 3.05) is 19.0 Å². The Morgan fingerprint density at radius 3 is 2.50 bits per heavy atom. The smallest absolute Gasteiger partial charge is 0.248 e. The molecule has 1 aromatic rings. The largest absolute Gasteiger partial charge is 0.394 e. The highest BCUT2D eigenvalue weighted by Gasteiger charge is 2.76. The molecule has 0 aromatic heterocycles. The molecule has 3 amide bonds. The van der Waals surface area contributed by atoms with Crippen molar-refractivity contribution < 1.29 is 19.5 Å². The van der Waals surface area contributed by atoms with Gasteiger partial charge in [0.15, 0.2) is 0 Å². The topological polar surface area (TPSA) is 98.7 Å². The number of hydrogen-bond acceptors (Lipinski definition) is 5. The highest BCUT2D eigenvalue weighted by atomic mass is 35.5. The molecule has 3 aliphatic rings. The van der Waals surface area contributed by atoms with Gasteiger partial charge in [-0.15, -0.1) is 11.8 Å². The quantitative estimate of drug-likeness (QED) is 0.582. The van der Waals surface area contributed by atoms with Crippen LogP contribution >= 0.6 is 23.4 Å². The standard InChI is InChI=1S/C23H30ClN3O4S/c1-11(2)15(10-28)27-19(21(30)26-14-7-5-13(24)6-8-14)23-12(3)9-16(32-23)17(20(29)25-4)18(23)22(27)31/h5-8,11-12,15-19,28H,9-10H2,1-4H3,(H,25,29)(H,26,30)/t12?,15-,16+,17-,18-,19?,23?/m0/s1. The highest BCUT2D eigenvalue weighted by Crippen LogP contribution is 2.68. The summed E-state index contributed by atoms with van der Waals surface area (Å²) in [7, 11) is 1.58. The first kappa shape index (κ1) is 23.4. The van der Waals surface area contributed by atoms with Gasteiger partial charge in [0.2, 0.25) is 17.7 Å². The number of aliphatic hydroxyl groups is 1. The van der Waals surface area contributed by atoms with Crippen LogP contribution in [0.5, 0.6) is 0 Å². The van der Waals surface area contributed by atoms with Gasteiger partial charge in [0.25, 0.3) is 0 Å².